The van der Waals surface area contributed by atoms with Gasteiger partial charge in [-0.05, 0) is 40.8 Å². The molecule has 0 heterocycles. The minimum absolute atomic E-state index is 0.140. The van der Waals surface area contributed by atoms with Gasteiger partial charge in [-0.25, -0.2) is 0 Å². The summed E-state index contributed by atoms with van der Waals surface area (Å²) in [7, 11) is 0. The van der Waals surface area contributed by atoms with Gasteiger partial charge in [0, 0.05) is 15.7 Å². The second-order valence-corrected chi connectivity index (χ2v) is 7.68. The van der Waals surface area contributed by atoms with E-state index in [1.807, 2.05) is 36.4 Å². The molecular weight excluding hydrogens is 300 g/mol. The molecule has 21 heavy (non-hydrogen) atoms. The Kier molecular flexibility index (Phi) is 5.37. The molecule has 0 spiro atoms. The summed E-state index contributed by atoms with van der Waals surface area (Å²) in [4.78, 5) is 1.12. The number of aliphatic hydroxyl groups is 1. The highest BCUT2D eigenvalue weighted by Gasteiger charge is 2.14. The first-order chi connectivity index (χ1) is 9.86. The van der Waals surface area contributed by atoms with E-state index in [0.717, 1.165) is 15.5 Å². The summed E-state index contributed by atoms with van der Waals surface area (Å²) >= 11 is 7.50. The van der Waals surface area contributed by atoms with E-state index in [1.54, 1.807) is 11.8 Å². The molecule has 0 saturated heterocycles. The molecule has 0 aromatic heterocycles. The van der Waals surface area contributed by atoms with Crippen molar-refractivity contribution in [3.63, 3.8) is 0 Å². The molecule has 2 rings (SSSR count). The Morgan fingerprint density at radius 3 is 2.10 bits per heavy atom. The van der Waals surface area contributed by atoms with Gasteiger partial charge in [0.1, 0.15) is 0 Å². The summed E-state index contributed by atoms with van der Waals surface area (Å²) in [5.41, 5.74) is 2.38. The molecule has 1 atom stereocenters. The first-order valence-electron chi connectivity index (χ1n) is 7.03. The van der Waals surface area contributed by atoms with E-state index < -0.39 is 6.10 Å². The number of hydrogen-bond acceptors (Lipinski definition) is 2. The molecule has 2 aromatic rings. The number of rotatable bonds is 4. The molecular formula is C18H21ClOS. The van der Waals surface area contributed by atoms with Crippen LogP contribution in [0.5, 0.6) is 0 Å². The van der Waals surface area contributed by atoms with E-state index in [1.165, 1.54) is 5.56 Å². The monoisotopic (exact) mass is 320 g/mol. The van der Waals surface area contributed by atoms with Crippen LogP contribution in [-0.2, 0) is 5.41 Å². The highest BCUT2D eigenvalue weighted by atomic mass is 35.5. The second kappa shape index (κ2) is 6.87. The van der Waals surface area contributed by atoms with Crippen molar-refractivity contribution in [3.8, 4) is 0 Å². The molecule has 0 aliphatic heterocycles. The van der Waals surface area contributed by atoms with Crippen molar-refractivity contribution in [1.29, 1.82) is 0 Å². The molecule has 1 unspecified atom stereocenters. The maximum Gasteiger partial charge on any atom is 0.0883 e. The predicted molar refractivity (Wildman–Crippen MR) is 92.3 cm³/mol. The van der Waals surface area contributed by atoms with Crippen LogP contribution < -0.4 is 0 Å². The number of halogens is 1. The largest absolute Gasteiger partial charge is 0.388 e. The molecule has 112 valence electrons. The number of benzene rings is 2. The highest BCUT2D eigenvalue weighted by Crippen LogP contribution is 2.28. The van der Waals surface area contributed by atoms with Crippen LogP contribution in [0.4, 0.5) is 0 Å². The lowest BCUT2D eigenvalue weighted by Gasteiger charge is -2.20. The molecule has 0 amide bonds. The number of hydrogen-bond donors (Lipinski definition) is 1. The van der Waals surface area contributed by atoms with Gasteiger partial charge in [-0.1, -0.05) is 56.6 Å². The smallest absolute Gasteiger partial charge is 0.0883 e. The van der Waals surface area contributed by atoms with Crippen molar-refractivity contribution >= 4 is 23.4 Å². The second-order valence-electron chi connectivity index (χ2n) is 6.15. The fourth-order valence-electron chi connectivity index (χ4n) is 2.01. The maximum absolute atomic E-state index is 10.3. The summed E-state index contributed by atoms with van der Waals surface area (Å²) in [6.45, 7) is 6.57. The minimum Gasteiger partial charge on any atom is -0.388 e. The normalized spacial score (nSPS) is 13.2. The molecule has 0 fully saturated rings. The van der Waals surface area contributed by atoms with Crippen LogP contribution >= 0.6 is 23.4 Å². The van der Waals surface area contributed by atoms with Crippen LogP contribution in [0, 0.1) is 0 Å². The lowest BCUT2D eigenvalue weighted by molar-refractivity contribution is 0.204. The van der Waals surface area contributed by atoms with Gasteiger partial charge in [-0.3, -0.25) is 0 Å². The third kappa shape index (κ3) is 4.77. The SMILES string of the molecule is CC(C)(C)c1ccc(C(O)CSc2ccc(Cl)cc2)cc1. The van der Waals surface area contributed by atoms with Crippen molar-refractivity contribution in [2.45, 2.75) is 37.2 Å². The Bertz CT molecular complexity index is 570. The third-order valence-electron chi connectivity index (χ3n) is 3.38. The lowest BCUT2D eigenvalue weighted by atomic mass is 9.86. The predicted octanol–water partition coefficient (Wildman–Crippen LogP) is 5.46. The summed E-state index contributed by atoms with van der Waals surface area (Å²) in [6.07, 6.45) is -0.459. The summed E-state index contributed by atoms with van der Waals surface area (Å²) in [5.74, 6) is 0.635. The van der Waals surface area contributed by atoms with E-state index in [2.05, 4.69) is 32.9 Å². The van der Waals surface area contributed by atoms with Gasteiger partial charge in [0.15, 0.2) is 0 Å². The van der Waals surface area contributed by atoms with Crippen molar-refractivity contribution in [3.05, 3.63) is 64.7 Å². The zero-order valence-electron chi connectivity index (χ0n) is 12.6. The maximum atomic E-state index is 10.3. The molecule has 1 nitrogen and oxygen atoms in total. The first kappa shape index (κ1) is 16.4. The summed E-state index contributed by atoms with van der Waals surface area (Å²) in [6, 6.07) is 15.9. The first-order valence-corrected chi connectivity index (χ1v) is 8.39. The highest BCUT2D eigenvalue weighted by molar-refractivity contribution is 7.99. The molecule has 1 N–H and O–H groups in total. The van der Waals surface area contributed by atoms with Gasteiger partial charge in [-0.2, -0.15) is 0 Å². The van der Waals surface area contributed by atoms with Gasteiger partial charge in [0.2, 0.25) is 0 Å². The lowest BCUT2D eigenvalue weighted by Crippen LogP contribution is -2.11. The quantitative estimate of drug-likeness (QED) is 0.754. The Hall–Kier alpha value is -0.960. The van der Waals surface area contributed by atoms with Crippen LogP contribution in [0.2, 0.25) is 5.02 Å². The average molecular weight is 321 g/mol. The van der Waals surface area contributed by atoms with Gasteiger partial charge < -0.3 is 5.11 Å². The van der Waals surface area contributed by atoms with E-state index >= 15 is 0 Å². The van der Waals surface area contributed by atoms with E-state index in [4.69, 9.17) is 11.6 Å². The van der Waals surface area contributed by atoms with Crippen LogP contribution in [-0.4, -0.2) is 10.9 Å². The van der Waals surface area contributed by atoms with Crippen molar-refractivity contribution in [1.82, 2.24) is 0 Å². The van der Waals surface area contributed by atoms with Gasteiger partial charge >= 0.3 is 0 Å². The van der Waals surface area contributed by atoms with Gasteiger partial charge in [0.25, 0.3) is 0 Å². The number of thioether (sulfide) groups is 1. The van der Waals surface area contributed by atoms with E-state index in [-0.39, 0.29) is 5.41 Å². The molecule has 0 saturated carbocycles. The van der Waals surface area contributed by atoms with Crippen LogP contribution in [0.15, 0.2) is 53.4 Å². The summed E-state index contributed by atoms with van der Waals surface area (Å²) < 4.78 is 0. The average Bonchev–Trinajstić information content (AvgIpc) is 2.45. The van der Waals surface area contributed by atoms with Crippen LogP contribution in [0.3, 0.4) is 0 Å². The Morgan fingerprint density at radius 1 is 1.00 bits per heavy atom. The molecule has 3 heteroatoms. The molecule has 2 aromatic carbocycles. The Morgan fingerprint density at radius 2 is 1.57 bits per heavy atom. The molecule has 0 bridgehead atoms. The molecule has 0 radical (unpaired) electrons. The van der Waals surface area contributed by atoms with E-state index in [0.29, 0.717) is 5.75 Å². The van der Waals surface area contributed by atoms with Gasteiger partial charge in [0.05, 0.1) is 6.10 Å². The van der Waals surface area contributed by atoms with E-state index in [9.17, 15) is 5.11 Å². The van der Waals surface area contributed by atoms with Gasteiger partial charge in [-0.15, -0.1) is 11.8 Å². The standard InChI is InChI=1S/C18H21ClOS/c1-18(2,3)14-6-4-13(5-7-14)17(20)12-21-16-10-8-15(19)9-11-16/h4-11,17,20H,12H2,1-3H3. The fourth-order valence-corrected chi connectivity index (χ4v) is 3.00. The summed E-state index contributed by atoms with van der Waals surface area (Å²) in [5, 5.41) is 11.0. The molecule has 0 aliphatic rings. The van der Waals surface area contributed by atoms with Crippen molar-refractivity contribution in [2.24, 2.45) is 0 Å². The molecule has 0 aliphatic carbocycles. The zero-order valence-corrected chi connectivity index (χ0v) is 14.2. The Labute approximate surface area is 136 Å². The zero-order chi connectivity index (χ0) is 15.5. The van der Waals surface area contributed by atoms with Crippen molar-refractivity contribution < 1.29 is 5.11 Å². The number of aliphatic hydroxyl groups excluding tert-OH is 1. The van der Waals surface area contributed by atoms with Crippen molar-refractivity contribution in [2.75, 3.05) is 5.75 Å². The fraction of sp³-hybridized carbons (Fsp3) is 0.333. The third-order valence-corrected chi connectivity index (χ3v) is 4.72. The Balaban J connectivity index is 1.97. The van der Waals surface area contributed by atoms with Crippen LogP contribution in [0.1, 0.15) is 38.0 Å². The topological polar surface area (TPSA) is 20.2 Å². The minimum atomic E-state index is -0.459. The van der Waals surface area contributed by atoms with Crippen LogP contribution in [0.25, 0.3) is 0 Å².